The standard InChI is InChI=1S/C11H19NO3/c1-2-3-10(9-13)11(14)8-12-4-6-15-7-5-12/h2,10,13H,1,3-9H2. The molecule has 1 unspecified atom stereocenters. The van der Waals surface area contributed by atoms with Gasteiger partial charge in [-0.2, -0.15) is 0 Å². The number of hydrogen-bond donors (Lipinski definition) is 1. The van der Waals surface area contributed by atoms with Crippen LogP contribution in [-0.4, -0.2) is 55.2 Å². The topological polar surface area (TPSA) is 49.8 Å². The molecule has 1 fully saturated rings. The molecule has 0 bridgehead atoms. The number of aliphatic hydroxyl groups excluding tert-OH is 1. The third kappa shape index (κ3) is 4.11. The lowest BCUT2D eigenvalue weighted by molar-refractivity contribution is -0.126. The normalized spacial score (nSPS) is 19.8. The van der Waals surface area contributed by atoms with Gasteiger partial charge in [-0.15, -0.1) is 6.58 Å². The molecule has 0 aromatic rings. The zero-order valence-corrected chi connectivity index (χ0v) is 9.02. The second kappa shape index (κ2) is 6.71. The molecular weight excluding hydrogens is 194 g/mol. The van der Waals surface area contributed by atoms with Crippen molar-refractivity contribution in [3.05, 3.63) is 12.7 Å². The summed E-state index contributed by atoms with van der Waals surface area (Å²) in [7, 11) is 0. The predicted molar refractivity (Wildman–Crippen MR) is 57.7 cm³/mol. The molecular formula is C11H19NO3. The van der Waals surface area contributed by atoms with E-state index in [0.717, 1.165) is 13.1 Å². The Hall–Kier alpha value is -0.710. The lowest BCUT2D eigenvalue weighted by Gasteiger charge is -2.27. The van der Waals surface area contributed by atoms with E-state index in [4.69, 9.17) is 9.84 Å². The number of aliphatic hydroxyl groups is 1. The fourth-order valence-electron chi connectivity index (χ4n) is 1.62. The molecule has 1 N–H and O–H groups in total. The van der Waals surface area contributed by atoms with Crippen molar-refractivity contribution in [3.8, 4) is 0 Å². The van der Waals surface area contributed by atoms with Gasteiger partial charge in [0, 0.05) is 19.0 Å². The Kier molecular flexibility index (Phi) is 5.53. The van der Waals surface area contributed by atoms with Crippen LogP contribution in [0.1, 0.15) is 6.42 Å². The third-order valence-electron chi connectivity index (χ3n) is 2.61. The van der Waals surface area contributed by atoms with E-state index >= 15 is 0 Å². The number of ether oxygens (including phenoxy) is 1. The van der Waals surface area contributed by atoms with Crippen molar-refractivity contribution in [3.63, 3.8) is 0 Å². The molecule has 0 saturated carbocycles. The minimum absolute atomic E-state index is 0.0881. The maximum Gasteiger partial charge on any atom is 0.152 e. The van der Waals surface area contributed by atoms with Gasteiger partial charge >= 0.3 is 0 Å². The van der Waals surface area contributed by atoms with Crippen LogP contribution in [-0.2, 0) is 9.53 Å². The molecule has 86 valence electrons. The maximum atomic E-state index is 11.7. The van der Waals surface area contributed by atoms with Crippen LogP contribution in [0.3, 0.4) is 0 Å². The van der Waals surface area contributed by atoms with E-state index in [-0.39, 0.29) is 18.3 Å². The lowest BCUT2D eigenvalue weighted by atomic mass is 10.0. The van der Waals surface area contributed by atoms with Gasteiger partial charge in [0.2, 0.25) is 0 Å². The van der Waals surface area contributed by atoms with Gasteiger partial charge in [0.1, 0.15) is 0 Å². The average Bonchev–Trinajstić information content (AvgIpc) is 2.27. The zero-order valence-electron chi connectivity index (χ0n) is 9.02. The Morgan fingerprint density at radius 1 is 1.53 bits per heavy atom. The van der Waals surface area contributed by atoms with Crippen LogP contribution in [0.4, 0.5) is 0 Å². The highest BCUT2D eigenvalue weighted by atomic mass is 16.5. The third-order valence-corrected chi connectivity index (χ3v) is 2.61. The second-order valence-electron chi connectivity index (χ2n) is 3.76. The second-order valence-corrected chi connectivity index (χ2v) is 3.76. The molecule has 0 spiro atoms. The summed E-state index contributed by atoms with van der Waals surface area (Å²) in [5.74, 6) is -0.190. The smallest absolute Gasteiger partial charge is 0.152 e. The summed E-state index contributed by atoms with van der Waals surface area (Å²) in [6.45, 7) is 6.90. The van der Waals surface area contributed by atoms with Crippen molar-refractivity contribution in [1.82, 2.24) is 4.90 Å². The number of carbonyl (C=O) groups is 1. The number of morpholine rings is 1. The Balaban J connectivity index is 2.34. The highest BCUT2D eigenvalue weighted by Gasteiger charge is 2.20. The van der Waals surface area contributed by atoms with Gasteiger partial charge in [-0.1, -0.05) is 6.08 Å². The molecule has 0 aromatic heterocycles. The van der Waals surface area contributed by atoms with Crippen LogP contribution in [0.15, 0.2) is 12.7 Å². The molecule has 0 radical (unpaired) electrons. The number of allylic oxidation sites excluding steroid dienone is 1. The highest BCUT2D eigenvalue weighted by Crippen LogP contribution is 2.07. The number of Topliss-reactive ketones (excluding diaryl/α,β-unsaturated/α-hetero) is 1. The van der Waals surface area contributed by atoms with Crippen molar-refractivity contribution in [2.75, 3.05) is 39.5 Å². The summed E-state index contributed by atoms with van der Waals surface area (Å²) in [6, 6.07) is 0. The van der Waals surface area contributed by atoms with Crippen molar-refractivity contribution < 1.29 is 14.6 Å². The van der Waals surface area contributed by atoms with Crippen molar-refractivity contribution >= 4 is 5.78 Å². The molecule has 4 heteroatoms. The largest absolute Gasteiger partial charge is 0.396 e. The van der Waals surface area contributed by atoms with Crippen LogP contribution in [0.2, 0.25) is 0 Å². The van der Waals surface area contributed by atoms with E-state index in [1.165, 1.54) is 0 Å². The van der Waals surface area contributed by atoms with Gasteiger partial charge < -0.3 is 9.84 Å². The van der Waals surface area contributed by atoms with Crippen molar-refractivity contribution in [2.45, 2.75) is 6.42 Å². The monoisotopic (exact) mass is 213 g/mol. The molecule has 1 aliphatic rings. The minimum Gasteiger partial charge on any atom is -0.396 e. The van der Waals surface area contributed by atoms with Crippen molar-refractivity contribution in [2.24, 2.45) is 5.92 Å². The van der Waals surface area contributed by atoms with E-state index in [0.29, 0.717) is 26.2 Å². The first-order valence-corrected chi connectivity index (χ1v) is 5.32. The average molecular weight is 213 g/mol. The van der Waals surface area contributed by atoms with E-state index in [1.54, 1.807) is 6.08 Å². The van der Waals surface area contributed by atoms with Crippen LogP contribution >= 0.6 is 0 Å². The van der Waals surface area contributed by atoms with Gasteiger partial charge in [-0.05, 0) is 6.42 Å². The van der Waals surface area contributed by atoms with Crippen LogP contribution < -0.4 is 0 Å². The number of carbonyl (C=O) groups excluding carboxylic acids is 1. The number of ketones is 1. The Labute approximate surface area is 90.5 Å². The van der Waals surface area contributed by atoms with Gasteiger partial charge in [-0.25, -0.2) is 0 Å². The first-order chi connectivity index (χ1) is 7.27. The highest BCUT2D eigenvalue weighted by molar-refractivity contribution is 5.83. The van der Waals surface area contributed by atoms with E-state index in [1.807, 2.05) is 0 Å². The van der Waals surface area contributed by atoms with E-state index in [2.05, 4.69) is 11.5 Å². The molecule has 1 aliphatic heterocycles. The fourth-order valence-corrected chi connectivity index (χ4v) is 1.62. The lowest BCUT2D eigenvalue weighted by Crippen LogP contribution is -2.41. The molecule has 0 aromatic carbocycles. The Morgan fingerprint density at radius 3 is 2.73 bits per heavy atom. The minimum atomic E-state index is -0.287. The molecule has 1 atom stereocenters. The quantitative estimate of drug-likeness (QED) is 0.634. The fraction of sp³-hybridized carbons (Fsp3) is 0.727. The summed E-state index contributed by atoms with van der Waals surface area (Å²) in [5, 5.41) is 9.05. The van der Waals surface area contributed by atoms with Crippen LogP contribution in [0, 0.1) is 5.92 Å². The van der Waals surface area contributed by atoms with Gasteiger partial charge in [0.25, 0.3) is 0 Å². The van der Waals surface area contributed by atoms with Gasteiger partial charge in [-0.3, -0.25) is 9.69 Å². The molecule has 15 heavy (non-hydrogen) atoms. The first-order valence-electron chi connectivity index (χ1n) is 5.32. The van der Waals surface area contributed by atoms with E-state index < -0.39 is 0 Å². The van der Waals surface area contributed by atoms with Crippen molar-refractivity contribution in [1.29, 1.82) is 0 Å². The number of nitrogens with zero attached hydrogens (tertiary/aromatic N) is 1. The summed E-state index contributed by atoms with van der Waals surface area (Å²) in [5.41, 5.74) is 0. The number of hydrogen-bond acceptors (Lipinski definition) is 4. The molecule has 0 aliphatic carbocycles. The Bertz CT molecular complexity index is 212. The summed E-state index contributed by atoms with van der Waals surface area (Å²) >= 11 is 0. The SMILES string of the molecule is C=CCC(CO)C(=O)CN1CCOCC1. The summed E-state index contributed by atoms with van der Waals surface area (Å²) in [4.78, 5) is 13.8. The zero-order chi connectivity index (χ0) is 11.1. The molecule has 1 rings (SSSR count). The van der Waals surface area contributed by atoms with Gasteiger partial charge in [0.15, 0.2) is 5.78 Å². The van der Waals surface area contributed by atoms with E-state index in [9.17, 15) is 4.79 Å². The van der Waals surface area contributed by atoms with Crippen LogP contribution in [0.5, 0.6) is 0 Å². The molecule has 0 amide bonds. The Morgan fingerprint density at radius 2 is 2.20 bits per heavy atom. The van der Waals surface area contributed by atoms with Gasteiger partial charge in [0.05, 0.1) is 26.4 Å². The molecule has 1 heterocycles. The molecule has 4 nitrogen and oxygen atoms in total. The summed E-state index contributed by atoms with van der Waals surface area (Å²) < 4.78 is 5.20. The maximum absolute atomic E-state index is 11.7. The number of rotatable bonds is 6. The molecule has 1 saturated heterocycles. The first kappa shape index (κ1) is 12.4. The van der Waals surface area contributed by atoms with Crippen LogP contribution in [0.25, 0.3) is 0 Å². The summed E-state index contributed by atoms with van der Waals surface area (Å²) in [6.07, 6.45) is 2.23. The predicted octanol–water partition coefficient (Wildman–Crippen LogP) is 0.0723.